The number of aryl methyl sites for hydroxylation is 1. The highest BCUT2D eigenvalue weighted by Gasteiger charge is 2.44. The smallest absolute Gasteiger partial charge is 0.370 e. The van der Waals surface area contributed by atoms with Gasteiger partial charge in [0, 0.05) is 25.6 Å². The van der Waals surface area contributed by atoms with E-state index in [1.165, 1.54) is 5.56 Å². The number of nitrogens with zero attached hydrogens (tertiary/aromatic N) is 2. The van der Waals surface area contributed by atoms with Gasteiger partial charge in [-0.3, -0.25) is 9.59 Å². The van der Waals surface area contributed by atoms with E-state index in [0.29, 0.717) is 19.7 Å². The summed E-state index contributed by atoms with van der Waals surface area (Å²) in [5.41, 5.74) is 2.24. The fourth-order valence-electron chi connectivity index (χ4n) is 3.79. The molecule has 0 bridgehead atoms. The molecular weight excluding hydrogens is 373 g/mol. The van der Waals surface area contributed by atoms with Crippen LogP contribution < -0.4 is 0 Å². The van der Waals surface area contributed by atoms with Crippen molar-refractivity contribution >= 4 is 11.8 Å². The Balaban J connectivity index is 1.56. The van der Waals surface area contributed by atoms with Crippen molar-refractivity contribution in [1.29, 1.82) is 0 Å². The highest BCUT2D eigenvalue weighted by Crippen LogP contribution is 2.28. The number of benzene rings is 1. The van der Waals surface area contributed by atoms with Gasteiger partial charge in [0.1, 0.15) is 6.10 Å². The van der Waals surface area contributed by atoms with E-state index in [2.05, 4.69) is 6.92 Å². The lowest BCUT2D eigenvalue weighted by atomic mass is 9.94. The standard InChI is InChI=1S/C20H25F3N2O3/c1-2-14-3-5-15(6-4-14)17-13-25(11-12-28-17)18(26)16-7-9-24(10-8-16)19(27)20(21,22)23/h3-6,16-17H,2,7-13H2,1H3. The number of morpholine rings is 1. The number of amides is 2. The lowest BCUT2D eigenvalue weighted by molar-refractivity contribution is -0.187. The molecule has 1 aromatic carbocycles. The molecule has 0 spiro atoms. The van der Waals surface area contributed by atoms with E-state index in [9.17, 15) is 22.8 Å². The van der Waals surface area contributed by atoms with E-state index in [1.807, 2.05) is 24.3 Å². The quantitative estimate of drug-likeness (QED) is 0.787. The summed E-state index contributed by atoms with van der Waals surface area (Å²) in [4.78, 5) is 26.7. The first-order valence-corrected chi connectivity index (χ1v) is 9.65. The van der Waals surface area contributed by atoms with Gasteiger partial charge < -0.3 is 14.5 Å². The summed E-state index contributed by atoms with van der Waals surface area (Å²) in [6.07, 6.45) is -3.59. The van der Waals surface area contributed by atoms with Crippen LogP contribution in [0.1, 0.15) is 37.0 Å². The SMILES string of the molecule is CCc1ccc(C2CN(C(=O)C3CCN(C(=O)C(F)(F)F)CC3)CCO2)cc1. The summed E-state index contributed by atoms with van der Waals surface area (Å²) in [6.45, 7) is 3.34. The maximum Gasteiger partial charge on any atom is 0.471 e. The summed E-state index contributed by atoms with van der Waals surface area (Å²) >= 11 is 0. The molecule has 3 rings (SSSR count). The summed E-state index contributed by atoms with van der Waals surface area (Å²) in [6, 6.07) is 8.12. The minimum atomic E-state index is -4.86. The second-order valence-electron chi connectivity index (χ2n) is 7.30. The number of likely N-dealkylation sites (tertiary alicyclic amines) is 1. The molecule has 2 amide bonds. The van der Waals surface area contributed by atoms with Crippen molar-refractivity contribution in [2.45, 2.75) is 38.5 Å². The minimum absolute atomic E-state index is 0.0407. The lowest BCUT2D eigenvalue weighted by Gasteiger charge is -2.38. The van der Waals surface area contributed by atoms with Gasteiger partial charge in [-0.25, -0.2) is 0 Å². The Kier molecular flexibility index (Phi) is 6.27. The number of alkyl halides is 3. The molecule has 0 N–H and O–H groups in total. The van der Waals surface area contributed by atoms with Crippen LogP contribution >= 0.6 is 0 Å². The number of carbonyl (C=O) groups is 2. The maximum absolute atomic E-state index is 12.8. The highest BCUT2D eigenvalue weighted by atomic mass is 19.4. The molecule has 1 aromatic rings. The highest BCUT2D eigenvalue weighted by molar-refractivity contribution is 5.83. The third kappa shape index (κ3) is 4.66. The molecule has 2 aliphatic rings. The van der Waals surface area contributed by atoms with Crippen LogP contribution in [0, 0.1) is 5.92 Å². The van der Waals surface area contributed by atoms with Gasteiger partial charge in [-0.15, -0.1) is 0 Å². The fraction of sp³-hybridized carbons (Fsp3) is 0.600. The molecule has 0 saturated carbocycles. The van der Waals surface area contributed by atoms with Gasteiger partial charge in [0.05, 0.1) is 13.2 Å². The van der Waals surface area contributed by atoms with Crippen LogP contribution in [0.4, 0.5) is 13.2 Å². The number of ether oxygens (including phenoxy) is 1. The first-order chi connectivity index (χ1) is 13.3. The van der Waals surface area contributed by atoms with Crippen molar-refractivity contribution in [3.05, 3.63) is 35.4 Å². The minimum Gasteiger partial charge on any atom is -0.370 e. The molecule has 1 unspecified atom stereocenters. The number of rotatable bonds is 3. The van der Waals surface area contributed by atoms with Gasteiger partial charge in [0.15, 0.2) is 0 Å². The zero-order valence-corrected chi connectivity index (χ0v) is 15.9. The van der Waals surface area contributed by atoms with Gasteiger partial charge in [-0.05, 0) is 30.4 Å². The maximum atomic E-state index is 12.8. The third-order valence-corrected chi connectivity index (χ3v) is 5.51. The van der Waals surface area contributed by atoms with E-state index in [4.69, 9.17) is 4.74 Å². The number of hydrogen-bond acceptors (Lipinski definition) is 3. The van der Waals surface area contributed by atoms with E-state index in [-0.39, 0.29) is 43.9 Å². The molecule has 28 heavy (non-hydrogen) atoms. The Hall–Kier alpha value is -2.09. The van der Waals surface area contributed by atoms with Crippen molar-refractivity contribution in [3.63, 3.8) is 0 Å². The summed E-state index contributed by atoms with van der Waals surface area (Å²) < 4.78 is 43.5. The van der Waals surface area contributed by atoms with E-state index >= 15 is 0 Å². The van der Waals surface area contributed by atoms with Crippen molar-refractivity contribution in [3.8, 4) is 0 Å². The molecule has 2 fully saturated rings. The Bertz CT molecular complexity index is 698. The number of carbonyl (C=O) groups excluding carboxylic acids is 2. The monoisotopic (exact) mass is 398 g/mol. The topological polar surface area (TPSA) is 49.9 Å². The molecule has 154 valence electrons. The third-order valence-electron chi connectivity index (χ3n) is 5.51. The Morgan fingerprint density at radius 1 is 1.07 bits per heavy atom. The summed E-state index contributed by atoms with van der Waals surface area (Å²) in [5, 5.41) is 0. The average molecular weight is 398 g/mol. The Morgan fingerprint density at radius 3 is 2.29 bits per heavy atom. The molecule has 2 aliphatic heterocycles. The van der Waals surface area contributed by atoms with Crippen molar-refractivity contribution in [2.24, 2.45) is 5.92 Å². The zero-order valence-electron chi connectivity index (χ0n) is 15.9. The average Bonchev–Trinajstić information content (AvgIpc) is 2.72. The molecule has 2 heterocycles. The van der Waals surface area contributed by atoms with Crippen LogP contribution in [0.25, 0.3) is 0 Å². The second kappa shape index (κ2) is 8.51. The number of hydrogen-bond donors (Lipinski definition) is 0. The second-order valence-corrected chi connectivity index (χ2v) is 7.30. The predicted octanol–water partition coefficient (Wildman–Crippen LogP) is 2.95. The van der Waals surface area contributed by atoms with E-state index in [1.54, 1.807) is 4.90 Å². The van der Waals surface area contributed by atoms with Crippen LogP contribution in [-0.4, -0.2) is 60.6 Å². The molecule has 1 atom stereocenters. The molecule has 2 saturated heterocycles. The first-order valence-electron chi connectivity index (χ1n) is 9.65. The van der Waals surface area contributed by atoms with Crippen molar-refractivity contribution < 1.29 is 27.5 Å². The summed E-state index contributed by atoms with van der Waals surface area (Å²) in [7, 11) is 0. The van der Waals surface area contributed by atoms with Crippen LogP contribution in [-0.2, 0) is 20.7 Å². The van der Waals surface area contributed by atoms with E-state index < -0.39 is 12.1 Å². The van der Waals surface area contributed by atoms with Crippen LogP contribution in [0.3, 0.4) is 0 Å². The molecule has 0 aliphatic carbocycles. The molecule has 8 heteroatoms. The van der Waals surface area contributed by atoms with Crippen molar-refractivity contribution in [1.82, 2.24) is 9.80 Å². The van der Waals surface area contributed by atoms with Gasteiger partial charge in [0.25, 0.3) is 0 Å². The largest absolute Gasteiger partial charge is 0.471 e. The number of halogens is 3. The van der Waals surface area contributed by atoms with Gasteiger partial charge in [-0.1, -0.05) is 31.2 Å². The predicted molar refractivity (Wildman–Crippen MR) is 96.5 cm³/mol. The molecular formula is C20H25F3N2O3. The van der Waals surface area contributed by atoms with Crippen LogP contribution in [0.2, 0.25) is 0 Å². The van der Waals surface area contributed by atoms with Gasteiger partial charge in [0.2, 0.25) is 5.91 Å². The van der Waals surface area contributed by atoms with Crippen LogP contribution in [0.15, 0.2) is 24.3 Å². The fourth-order valence-corrected chi connectivity index (χ4v) is 3.79. The Labute approximate surface area is 162 Å². The van der Waals surface area contributed by atoms with Crippen LogP contribution in [0.5, 0.6) is 0 Å². The lowest BCUT2D eigenvalue weighted by Crippen LogP contribution is -2.50. The molecule has 0 radical (unpaired) electrons. The van der Waals surface area contributed by atoms with Gasteiger partial charge in [-0.2, -0.15) is 13.2 Å². The summed E-state index contributed by atoms with van der Waals surface area (Å²) in [5.74, 6) is -2.23. The molecule has 5 nitrogen and oxygen atoms in total. The Morgan fingerprint density at radius 2 is 1.71 bits per heavy atom. The van der Waals surface area contributed by atoms with Crippen molar-refractivity contribution in [2.75, 3.05) is 32.8 Å². The van der Waals surface area contributed by atoms with E-state index in [0.717, 1.165) is 16.9 Å². The number of piperidine rings is 1. The first kappa shape index (κ1) is 20.6. The molecule has 0 aromatic heterocycles. The zero-order chi connectivity index (χ0) is 20.3. The van der Waals surface area contributed by atoms with Gasteiger partial charge >= 0.3 is 12.1 Å². The normalized spacial score (nSPS) is 21.6.